The maximum Gasteiger partial charge on any atom is 0.164 e. The fourth-order valence-electron chi connectivity index (χ4n) is 2.16. The van der Waals surface area contributed by atoms with Crippen molar-refractivity contribution < 1.29 is 14.6 Å². The first-order valence-corrected chi connectivity index (χ1v) is 6.29. The van der Waals surface area contributed by atoms with Crippen molar-refractivity contribution in [3.63, 3.8) is 0 Å². The minimum atomic E-state index is -1.03. The first kappa shape index (κ1) is 15.1. The molecule has 4 heteroatoms. The van der Waals surface area contributed by atoms with Crippen LogP contribution in [-0.2, 0) is 5.60 Å². The summed E-state index contributed by atoms with van der Waals surface area (Å²) in [6.07, 6.45) is 0. The summed E-state index contributed by atoms with van der Waals surface area (Å²) in [5.41, 5.74) is 0.544. The Kier molecular flexibility index (Phi) is 4.51. The molecule has 0 unspecified atom stereocenters. The van der Waals surface area contributed by atoms with E-state index in [1.54, 1.807) is 34.1 Å². The summed E-state index contributed by atoms with van der Waals surface area (Å²) in [4.78, 5) is 0. The third kappa shape index (κ3) is 2.73. The normalized spacial score (nSPS) is 11.8. The zero-order valence-corrected chi connectivity index (χ0v) is 12.6. The second-order valence-corrected chi connectivity index (χ2v) is 5.50. The molecule has 0 aliphatic rings. The molecular formula is C14H21ClO3. The van der Waals surface area contributed by atoms with E-state index in [9.17, 15) is 5.11 Å². The van der Waals surface area contributed by atoms with Crippen molar-refractivity contribution >= 4 is 11.6 Å². The van der Waals surface area contributed by atoms with Crippen LogP contribution >= 0.6 is 11.6 Å². The Morgan fingerprint density at radius 2 is 1.78 bits per heavy atom. The van der Waals surface area contributed by atoms with Crippen molar-refractivity contribution in [1.29, 1.82) is 0 Å². The fourth-order valence-corrected chi connectivity index (χ4v) is 2.59. The van der Waals surface area contributed by atoms with Crippen LogP contribution in [0, 0.1) is 0 Å². The van der Waals surface area contributed by atoms with Gasteiger partial charge in [0.25, 0.3) is 0 Å². The summed E-state index contributed by atoms with van der Waals surface area (Å²) in [6, 6.07) is 1.68. The molecule has 0 bridgehead atoms. The average molecular weight is 273 g/mol. The zero-order valence-electron chi connectivity index (χ0n) is 11.8. The molecule has 1 aromatic carbocycles. The average Bonchev–Trinajstić information content (AvgIpc) is 2.25. The molecule has 0 fully saturated rings. The molecule has 0 aliphatic carbocycles. The van der Waals surface area contributed by atoms with Crippen molar-refractivity contribution in [3.8, 4) is 11.5 Å². The van der Waals surface area contributed by atoms with Crippen LogP contribution < -0.4 is 9.47 Å². The van der Waals surface area contributed by atoms with Crippen LogP contribution in [0.25, 0.3) is 0 Å². The Morgan fingerprint density at radius 1 is 1.22 bits per heavy atom. The first-order chi connectivity index (χ1) is 8.23. The Labute approximate surface area is 114 Å². The van der Waals surface area contributed by atoms with E-state index in [0.29, 0.717) is 22.1 Å². The lowest BCUT2D eigenvalue weighted by Gasteiger charge is -2.27. The molecule has 102 valence electrons. The lowest BCUT2D eigenvalue weighted by molar-refractivity contribution is 0.0770. The fraction of sp³-hybridized carbons (Fsp3) is 0.571. The third-order valence-electron chi connectivity index (χ3n) is 2.85. The number of rotatable bonds is 4. The summed E-state index contributed by atoms with van der Waals surface area (Å²) in [5, 5.41) is 10.8. The molecule has 0 radical (unpaired) electrons. The Bertz CT molecular complexity index is 434. The highest BCUT2D eigenvalue weighted by Gasteiger charge is 2.29. The molecule has 0 aromatic heterocycles. The molecule has 0 aliphatic heterocycles. The molecule has 3 nitrogen and oxygen atoms in total. The van der Waals surface area contributed by atoms with E-state index >= 15 is 0 Å². The van der Waals surface area contributed by atoms with E-state index in [0.717, 1.165) is 5.56 Å². The summed E-state index contributed by atoms with van der Waals surface area (Å²) in [5.74, 6) is 1.38. The number of ether oxygens (including phenoxy) is 2. The second kappa shape index (κ2) is 5.37. The summed E-state index contributed by atoms with van der Waals surface area (Å²) >= 11 is 6.28. The van der Waals surface area contributed by atoms with Crippen LogP contribution in [0.3, 0.4) is 0 Å². The predicted molar refractivity (Wildman–Crippen MR) is 73.9 cm³/mol. The van der Waals surface area contributed by atoms with Gasteiger partial charge in [-0.3, -0.25) is 0 Å². The standard InChI is InChI=1S/C14H21ClO3/c1-8(2)11-12(14(3,4)16)9(15)7-10(17-5)13(11)18-6/h7-8,16H,1-6H3. The van der Waals surface area contributed by atoms with Gasteiger partial charge in [-0.05, 0) is 19.8 Å². The molecule has 1 rings (SSSR count). The maximum absolute atomic E-state index is 10.3. The first-order valence-electron chi connectivity index (χ1n) is 5.91. The lowest BCUT2D eigenvalue weighted by atomic mass is 9.86. The Hall–Kier alpha value is -0.930. The molecule has 1 aromatic rings. The third-order valence-corrected chi connectivity index (χ3v) is 3.15. The van der Waals surface area contributed by atoms with Crippen LogP contribution in [0.2, 0.25) is 5.02 Å². The van der Waals surface area contributed by atoms with E-state index in [-0.39, 0.29) is 5.92 Å². The monoisotopic (exact) mass is 272 g/mol. The smallest absolute Gasteiger partial charge is 0.164 e. The summed E-state index contributed by atoms with van der Waals surface area (Å²) < 4.78 is 10.7. The van der Waals surface area contributed by atoms with Crippen LogP contribution in [0.4, 0.5) is 0 Å². The molecular weight excluding hydrogens is 252 g/mol. The molecule has 0 saturated heterocycles. The van der Waals surface area contributed by atoms with Crippen LogP contribution in [-0.4, -0.2) is 19.3 Å². The quantitative estimate of drug-likeness (QED) is 0.908. The topological polar surface area (TPSA) is 38.7 Å². The Balaban J connectivity index is 3.71. The van der Waals surface area contributed by atoms with Gasteiger partial charge in [0.1, 0.15) is 0 Å². The highest BCUT2D eigenvalue weighted by molar-refractivity contribution is 6.31. The summed E-state index contributed by atoms with van der Waals surface area (Å²) in [7, 11) is 3.16. The molecule has 0 saturated carbocycles. The highest BCUT2D eigenvalue weighted by atomic mass is 35.5. The minimum absolute atomic E-state index is 0.161. The van der Waals surface area contributed by atoms with E-state index in [1.165, 1.54) is 0 Å². The summed E-state index contributed by atoms with van der Waals surface area (Å²) in [6.45, 7) is 7.49. The van der Waals surface area contributed by atoms with Crippen LogP contribution in [0.15, 0.2) is 6.07 Å². The number of aliphatic hydroxyl groups is 1. The number of methoxy groups -OCH3 is 2. The highest BCUT2D eigenvalue weighted by Crippen LogP contribution is 2.45. The van der Waals surface area contributed by atoms with Gasteiger partial charge in [0, 0.05) is 17.2 Å². The van der Waals surface area contributed by atoms with Crippen LogP contribution in [0.1, 0.15) is 44.7 Å². The minimum Gasteiger partial charge on any atom is -0.493 e. The molecule has 0 amide bonds. The van der Waals surface area contributed by atoms with Gasteiger partial charge in [0.2, 0.25) is 0 Å². The van der Waals surface area contributed by atoms with Gasteiger partial charge < -0.3 is 14.6 Å². The second-order valence-electron chi connectivity index (χ2n) is 5.10. The van der Waals surface area contributed by atoms with Crippen LogP contribution in [0.5, 0.6) is 11.5 Å². The van der Waals surface area contributed by atoms with Crippen molar-refractivity contribution in [2.75, 3.05) is 14.2 Å². The van der Waals surface area contributed by atoms with Crippen molar-refractivity contribution in [1.82, 2.24) is 0 Å². The van der Waals surface area contributed by atoms with Crippen molar-refractivity contribution in [2.45, 2.75) is 39.2 Å². The largest absolute Gasteiger partial charge is 0.493 e. The van der Waals surface area contributed by atoms with E-state index in [2.05, 4.69) is 0 Å². The number of hydrogen-bond acceptors (Lipinski definition) is 3. The van der Waals surface area contributed by atoms with Gasteiger partial charge in [-0.25, -0.2) is 0 Å². The number of hydrogen-bond donors (Lipinski definition) is 1. The molecule has 18 heavy (non-hydrogen) atoms. The van der Waals surface area contributed by atoms with Crippen molar-refractivity contribution in [2.24, 2.45) is 0 Å². The van der Waals surface area contributed by atoms with E-state index < -0.39 is 5.60 Å². The number of halogens is 1. The van der Waals surface area contributed by atoms with Gasteiger partial charge in [0.05, 0.1) is 24.8 Å². The SMILES string of the molecule is COc1cc(Cl)c(C(C)(C)O)c(C(C)C)c1OC. The zero-order chi connectivity index (χ0) is 14.1. The van der Waals surface area contributed by atoms with E-state index in [4.69, 9.17) is 21.1 Å². The molecule has 0 atom stereocenters. The number of benzene rings is 1. The lowest BCUT2D eigenvalue weighted by Crippen LogP contribution is -2.20. The maximum atomic E-state index is 10.3. The molecule has 0 heterocycles. The van der Waals surface area contributed by atoms with Gasteiger partial charge >= 0.3 is 0 Å². The van der Waals surface area contributed by atoms with Gasteiger partial charge in [0.15, 0.2) is 11.5 Å². The predicted octanol–water partition coefficient (Wildman–Crippen LogP) is 3.71. The molecule has 1 N–H and O–H groups in total. The van der Waals surface area contributed by atoms with Gasteiger partial charge in [-0.2, -0.15) is 0 Å². The van der Waals surface area contributed by atoms with Crippen molar-refractivity contribution in [3.05, 3.63) is 22.2 Å². The Morgan fingerprint density at radius 3 is 2.11 bits per heavy atom. The van der Waals surface area contributed by atoms with Gasteiger partial charge in [-0.15, -0.1) is 0 Å². The van der Waals surface area contributed by atoms with Gasteiger partial charge in [-0.1, -0.05) is 25.4 Å². The molecule has 0 spiro atoms. The van der Waals surface area contributed by atoms with E-state index in [1.807, 2.05) is 13.8 Å².